The zero-order valence-corrected chi connectivity index (χ0v) is 13.5. The first-order valence-corrected chi connectivity index (χ1v) is 7.45. The number of hydrogen-bond donors (Lipinski definition) is 2. The highest BCUT2D eigenvalue weighted by molar-refractivity contribution is 5.95. The monoisotopic (exact) mass is 329 g/mol. The van der Waals surface area contributed by atoms with Gasteiger partial charge in [0.25, 0.3) is 11.6 Å². The maximum Gasteiger partial charge on any atom is 0.292 e. The molecule has 2 rings (SSSR count). The fourth-order valence-electron chi connectivity index (χ4n) is 2.14. The molecule has 0 unspecified atom stereocenters. The average Bonchev–Trinajstić information content (AvgIpc) is 2.53. The van der Waals surface area contributed by atoms with Crippen LogP contribution < -0.4 is 15.8 Å². The Bertz CT molecular complexity index is 759. The molecular formula is C17H19N3O4. The van der Waals surface area contributed by atoms with Gasteiger partial charge in [-0.3, -0.25) is 14.9 Å². The van der Waals surface area contributed by atoms with E-state index < -0.39 is 10.8 Å². The third kappa shape index (κ3) is 4.22. The average molecular weight is 329 g/mol. The van der Waals surface area contributed by atoms with E-state index in [1.165, 1.54) is 18.2 Å². The van der Waals surface area contributed by atoms with Gasteiger partial charge in [0.1, 0.15) is 11.4 Å². The highest BCUT2D eigenvalue weighted by Gasteiger charge is 2.16. The minimum absolute atomic E-state index is 0.0154. The maximum atomic E-state index is 12.2. The molecule has 0 heterocycles. The summed E-state index contributed by atoms with van der Waals surface area (Å²) >= 11 is 0. The van der Waals surface area contributed by atoms with Crippen LogP contribution in [0.25, 0.3) is 0 Å². The zero-order valence-electron chi connectivity index (χ0n) is 13.5. The number of para-hydroxylation sites is 1. The normalized spacial score (nSPS) is 10.5. The molecule has 0 bridgehead atoms. The molecular weight excluding hydrogens is 310 g/mol. The van der Waals surface area contributed by atoms with E-state index in [9.17, 15) is 14.9 Å². The maximum absolute atomic E-state index is 12.2. The molecule has 0 saturated carbocycles. The largest absolute Gasteiger partial charge is 0.491 e. The molecule has 0 aromatic heterocycles. The third-order valence-corrected chi connectivity index (χ3v) is 3.26. The van der Waals surface area contributed by atoms with Crippen LogP contribution in [-0.2, 0) is 6.54 Å². The van der Waals surface area contributed by atoms with Crippen LogP contribution in [-0.4, -0.2) is 16.9 Å². The Morgan fingerprint density at radius 2 is 2.00 bits per heavy atom. The predicted octanol–water partition coefficient (Wildman–Crippen LogP) is 2.89. The Labute approximate surface area is 139 Å². The topological polar surface area (TPSA) is 107 Å². The predicted molar refractivity (Wildman–Crippen MR) is 90.9 cm³/mol. The number of nitro benzene ring substituents is 1. The summed E-state index contributed by atoms with van der Waals surface area (Å²) in [4.78, 5) is 22.5. The number of nitrogens with one attached hydrogen (secondary N) is 1. The molecule has 0 aliphatic heterocycles. The van der Waals surface area contributed by atoms with Crippen LogP contribution in [0.1, 0.15) is 29.8 Å². The van der Waals surface area contributed by atoms with Crippen molar-refractivity contribution >= 4 is 17.3 Å². The number of nitrogens with two attached hydrogens (primary N) is 1. The summed E-state index contributed by atoms with van der Waals surface area (Å²) in [5.41, 5.74) is 6.27. The van der Waals surface area contributed by atoms with E-state index >= 15 is 0 Å². The molecule has 2 aromatic rings. The van der Waals surface area contributed by atoms with Crippen LogP contribution in [0.15, 0.2) is 42.5 Å². The number of carbonyl (C=O) groups excluding carboxylic acids is 1. The molecule has 7 heteroatoms. The van der Waals surface area contributed by atoms with Gasteiger partial charge in [-0.2, -0.15) is 0 Å². The Kier molecular flexibility index (Phi) is 5.36. The lowest BCUT2D eigenvalue weighted by molar-refractivity contribution is -0.383. The first kappa shape index (κ1) is 17.3. The number of benzene rings is 2. The van der Waals surface area contributed by atoms with Gasteiger partial charge in [0.15, 0.2) is 0 Å². The minimum Gasteiger partial charge on any atom is -0.491 e. The summed E-state index contributed by atoms with van der Waals surface area (Å²) in [6.45, 7) is 4.09. The van der Waals surface area contributed by atoms with Crippen molar-refractivity contribution < 1.29 is 14.5 Å². The van der Waals surface area contributed by atoms with E-state index in [4.69, 9.17) is 10.5 Å². The summed E-state index contributed by atoms with van der Waals surface area (Å²) in [5, 5.41) is 13.6. The van der Waals surface area contributed by atoms with Gasteiger partial charge in [0.05, 0.1) is 11.0 Å². The lowest BCUT2D eigenvalue weighted by atomic mass is 10.1. The molecule has 0 aliphatic carbocycles. The van der Waals surface area contributed by atoms with Gasteiger partial charge >= 0.3 is 0 Å². The fourth-order valence-corrected chi connectivity index (χ4v) is 2.14. The molecule has 0 radical (unpaired) electrons. The molecule has 0 saturated heterocycles. The first-order chi connectivity index (χ1) is 11.4. The van der Waals surface area contributed by atoms with Crippen LogP contribution >= 0.6 is 0 Å². The molecule has 0 fully saturated rings. The molecule has 2 aromatic carbocycles. The second-order valence-corrected chi connectivity index (χ2v) is 5.49. The van der Waals surface area contributed by atoms with Gasteiger partial charge in [-0.15, -0.1) is 0 Å². The van der Waals surface area contributed by atoms with Crippen molar-refractivity contribution in [2.75, 3.05) is 5.73 Å². The molecule has 24 heavy (non-hydrogen) atoms. The summed E-state index contributed by atoms with van der Waals surface area (Å²) < 4.78 is 5.69. The number of rotatable bonds is 6. The van der Waals surface area contributed by atoms with Gasteiger partial charge in [-0.1, -0.05) is 18.2 Å². The van der Waals surface area contributed by atoms with Gasteiger partial charge < -0.3 is 15.8 Å². The van der Waals surface area contributed by atoms with Crippen LogP contribution in [0.5, 0.6) is 5.75 Å². The summed E-state index contributed by atoms with van der Waals surface area (Å²) in [6, 6.07) is 11.4. The molecule has 0 atom stereocenters. The quantitative estimate of drug-likeness (QED) is 0.481. The number of hydrogen-bond acceptors (Lipinski definition) is 5. The van der Waals surface area contributed by atoms with Crippen molar-refractivity contribution in [1.82, 2.24) is 5.32 Å². The van der Waals surface area contributed by atoms with E-state index in [2.05, 4.69) is 5.32 Å². The van der Waals surface area contributed by atoms with Crippen LogP contribution in [0.2, 0.25) is 0 Å². The van der Waals surface area contributed by atoms with Crippen LogP contribution in [0.3, 0.4) is 0 Å². The third-order valence-electron chi connectivity index (χ3n) is 3.26. The Morgan fingerprint density at radius 1 is 1.29 bits per heavy atom. The van der Waals surface area contributed by atoms with Gasteiger partial charge in [0.2, 0.25) is 0 Å². The summed E-state index contributed by atoms with van der Waals surface area (Å²) in [5.74, 6) is 0.272. The molecule has 126 valence electrons. The standard InChI is InChI=1S/C17H19N3O4/c1-11(2)24-16-6-4-3-5-13(16)10-19-17(21)12-7-8-14(18)15(9-12)20(22)23/h3-9,11H,10,18H2,1-2H3,(H,19,21). The molecule has 1 amide bonds. The highest BCUT2D eigenvalue weighted by atomic mass is 16.6. The van der Waals surface area contributed by atoms with E-state index in [-0.39, 0.29) is 29.6 Å². The Hall–Kier alpha value is -3.09. The minimum atomic E-state index is -0.613. The Balaban J connectivity index is 2.12. The van der Waals surface area contributed by atoms with Gasteiger partial charge in [-0.05, 0) is 32.0 Å². The van der Waals surface area contributed by atoms with E-state index in [1.807, 2.05) is 38.1 Å². The molecule has 7 nitrogen and oxygen atoms in total. The van der Waals surface area contributed by atoms with Crippen molar-refractivity contribution in [2.24, 2.45) is 0 Å². The van der Waals surface area contributed by atoms with Crippen molar-refractivity contribution in [2.45, 2.75) is 26.5 Å². The van der Waals surface area contributed by atoms with Crippen molar-refractivity contribution in [3.63, 3.8) is 0 Å². The van der Waals surface area contributed by atoms with Crippen molar-refractivity contribution in [1.29, 1.82) is 0 Å². The van der Waals surface area contributed by atoms with E-state index in [1.54, 1.807) is 0 Å². The van der Waals surface area contributed by atoms with Gasteiger partial charge in [-0.25, -0.2) is 0 Å². The van der Waals surface area contributed by atoms with Gasteiger partial charge in [0, 0.05) is 23.7 Å². The number of amides is 1. The van der Waals surface area contributed by atoms with E-state index in [0.717, 1.165) is 5.56 Å². The molecule has 0 spiro atoms. The number of carbonyl (C=O) groups is 1. The molecule has 3 N–H and O–H groups in total. The zero-order chi connectivity index (χ0) is 17.7. The first-order valence-electron chi connectivity index (χ1n) is 7.45. The number of nitrogen functional groups attached to an aromatic ring is 1. The van der Waals surface area contributed by atoms with Crippen molar-refractivity contribution in [3.05, 3.63) is 63.7 Å². The van der Waals surface area contributed by atoms with Crippen LogP contribution in [0, 0.1) is 10.1 Å². The lowest BCUT2D eigenvalue weighted by Gasteiger charge is -2.14. The lowest BCUT2D eigenvalue weighted by Crippen LogP contribution is -2.23. The number of anilines is 1. The number of nitrogens with zero attached hydrogens (tertiary/aromatic N) is 1. The van der Waals surface area contributed by atoms with Crippen molar-refractivity contribution in [3.8, 4) is 5.75 Å². The second-order valence-electron chi connectivity index (χ2n) is 5.49. The number of nitro groups is 1. The van der Waals surface area contributed by atoms with Crippen LogP contribution in [0.4, 0.5) is 11.4 Å². The fraction of sp³-hybridized carbons (Fsp3) is 0.235. The summed E-state index contributed by atoms with van der Waals surface area (Å²) in [7, 11) is 0. The van der Waals surface area contributed by atoms with E-state index in [0.29, 0.717) is 5.75 Å². The second kappa shape index (κ2) is 7.45. The highest BCUT2D eigenvalue weighted by Crippen LogP contribution is 2.23. The molecule has 0 aliphatic rings. The smallest absolute Gasteiger partial charge is 0.292 e. The Morgan fingerprint density at radius 3 is 2.67 bits per heavy atom. The number of ether oxygens (including phenoxy) is 1. The SMILES string of the molecule is CC(C)Oc1ccccc1CNC(=O)c1ccc(N)c([N+](=O)[O-])c1. The summed E-state index contributed by atoms with van der Waals surface area (Å²) in [6.07, 6.45) is 0.0154.